The fourth-order valence-corrected chi connectivity index (χ4v) is 3.25. The van der Waals surface area contributed by atoms with Crippen molar-refractivity contribution >= 4 is 46.1 Å². The molecule has 6 nitrogen and oxygen atoms in total. The van der Waals surface area contributed by atoms with Crippen LogP contribution >= 0.6 is 12.2 Å². The van der Waals surface area contributed by atoms with Gasteiger partial charge in [0.2, 0.25) is 0 Å². The van der Waals surface area contributed by atoms with E-state index < -0.39 is 11.8 Å². The number of amides is 2. The van der Waals surface area contributed by atoms with Gasteiger partial charge in [-0.1, -0.05) is 47.6 Å². The summed E-state index contributed by atoms with van der Waals surface area (Å²) >= 11 is 5.06. The third-order valence-corrected chi connectivity index (χ3v) is 4.67. The predicted molar refractivity (Wildman–Crippen MR) is 110 cm³/mol. The summed E-state index contributed by atoms with van der Waals surface area (Å²) in [6, 6.07) is 15.0. The number of rotatable bonds is 4. The Balaban J connectivity index is 1.77. The first-order chi connectivity index (χ1) is 13.6. The van der Waals surface area contributed by atoms with Crippen molar-refractivity contribution in [3.63, 3.8) is 0 Å². The van der Waals surface area contributed by atoms with Crippen molar-refractivity contribution in [2.24, 2.45) is 0 Å². The van der Waals surface area contributed by atoms with Crippen LogP contribution < -0.4 is 5.32 Å². The van der Waals surface area contributed by atoms with Crippen LogP contribution in [0.5, 0.6) is 0 Å². The first-order valence-electron chi connectivity index (χ1n) is 8.53. The van der Waals surface area contributed by atoms with E-state index in [2.05, 4.69) is 17.1 Å². The summed E-state index contributed by atoms with van der Waals surface area (Å²) in [6.07, 6.45) is 3.09. The molecule has 2 amide bonds. The molecule has 1 aliphatic rings. The van der Waals surface area contributed by atoms with Gasteiger partial charge in [-0.2, -0.15) is 0 Å². The Labute approximate surface area is 166 Å². The lowest BCUT2D eigenvalue weighted by Gasteiger charge is -2.27. The summed E-state index contributed by atoms with van der Waals surface area (Å²) in [5.74, 6) is -0.351. The molecule has 0 saturated carbocycles. The minimum atomic E-state index is -0.524. The molecule has 0 spiro atoms. The van der Waals surface area contributed by atoms with Gasteiger partial charge in [0.1, 0.15) is 11.1 Å². The molecule has 0 atom stereocenters. The molecule has 0 aliphatic carbocycles. The third-order valence-electron chi connectivity index (χ3n) is 4.34. The molecule has 3 aromatic rings. The van der Waals surface area contributed by atoms with Crippen LogP contribution in [0, 0.1) is 0 Å². The summed E-state index contributed by atoms with van der Waals surface area (Å²) in [5, 5.41) is 7.49. The van der Waals surface area contributed by atoms with Crippen LogP contribution in [0.2, 0.25) is 0 Å². The van der Waals surface area contributed by atoms with Crippen LogP contribution in [0.4, 0.5) is 0 Å². The van der Waals surface area contributed by atoms with E-state index in [1.165, 1.54) is 11.0 Å². The average Bonchev–Trinajstić information content (AvgIpc) is 3.12. The van der Waals surface area contributed by atoms with E-state index >= 15 is 0 Å². The molecule has 0 radical (unpaired) electrons. The van der Waals surface area contributed by atoms with Crippen LogP contribution in [0.25, 0.3) is 28.3 Å². The zero-order valence-electron chi connectivity index (χ0n) is 14.7. The second-order valence-corrected chi connectivity index (χ2v) is 6.56. The van der Waals surface area contributed by atoms with Crippen molar-refractivity contribution < 1.29 is 14.1 Å². The molecule has 1 aliphatic heterocycles. The average molecular weight is 389 g/mol. The second-order valence-electron chi connectivity index (χ2n) is 6.18. The number of hydrogen-bond acceptors (Lipinski definition) is 5. The second kappa shape index (κ2) is 7.21. The number of nitrogens with one attached hydrogen (secondary N) is 1. The smallest absolute Gasteiger partial charge is 0.265 e. The molecule has 7 heteroatoms. The maximum atomic E-state index is 12.7. The lowest BCUT2D eigenvalue weighted by Crippen LogP contribution is -2.53. The van der Waals surface area contributed by atoms with Gasteiger partial charge in [0.25, 0.3) is 11.8 Å². The van der Waals surface area contributed by atoms with E-state index in [-0.39, 0.29) is 17.2 Å². The summed E-state index contributed by atoms with van der Waals surface area (Å²) in [4.78, 5) is 26.3. The number of benzene rings is 2. The number of carbonyl (C=O) groups is 2. The number of aromatic nitrogens is 1. The summed E-state index contributed by atoms with van der Waals surface area (Å²) in [6.45, 7) is 3.84. The highest BCUT2D eigenvalue weighted by atomic mass is 32.1. The van der Waals surface area contributed by atoms with Gasteiger partial charge in [-0.15, -0.1) is 6.58 Å². The monoisotopic (exact) mass is 389 g/mol. The van der Waals surface area contributed by atoms with E-state index in [0.29, 0.717) is 16.8 Å². The molecule has 138 valence electrons. The molecule has 1 aromatic heterocycles. The molecule has 2 heterocycles. The highest BCUT2D eigenvalue weighted by Crippen LogP contribution is 2.30. The van der Waals surface area contributed by atoms with Gasteiger partial charge < -0.3 is 4.52 Å². The van der Waals surface area contributed by atoms with Gasteiger partial charge in [-0.3, -0.25) is 19.8 Å². The Morgan fingerprint density at radius 2 is 1.96 bits per heavy atom. The topological polar surface area (TPSA) is 75.4 Å². The molecule has 0 bridgehead atoms. The zero-order chi connectivity index (χ0) is 19.7. The van der Waals surface area contributed by atoms with Gasteiger partial charge in [0, 0.05) is 12.1 Å². The number of nitrogens with zero attached hydrogens (tertiary/aromatic N) is 2. The molecule has 0 unspecified atom stereocenters. The van der Waals surface area contributed by atoms with Crippen LogP contribution in [-0.2, 0) is 9.59 Å². The molecule has 1 fully saturated rings. The minimum Gasteiger partial charge on any atom is -0.355 e. The fraction of sp³-hybridized carbons (Fsp3) is 0.0476. The predicted octanol–water partition coefficient (Wildman–Crippen LogP) is 3.31. The van der Waals surface area contributed by atoms with Gasteiger partial charge >= 0.3 is 0 Å². The minimum absolute atomic E-state index is 0.00696. The maximum absolute atomic E-state index is 12.7. The summed E-state index contributed by atoms with van der Waals surface area (Å²) < 4.78 is 5.50. The van der Waals surface area contributed by atoms with Crippen molar-refractivity contribution in [3.8, 4) is 11.3 Å². The number of fused-ring (bicyclic) bond motifs is 1. The van der Waals surface area contributed by atoms with E-state index in [0.717, 1.165) is 10.9 Å². The van der Waals surface area contributed by atoms with Gasteiger partial charge in [0.15, 0.2) is 10.9 Å². The van der Waals surface area contributed by atoms with Crippen LogP contribution in [0.3, 0.4) is 0 Å². The van der Waals surface area contributed by atoms with Crippen LogP contribution in [0.15, 0.2) is 71.3 Å². The van der Waals surface area contributed by atoms with Crippen molar-refractivity contribution in [1.29, 1.82) is 0 Å². The molecule has 1 N–H and O–H groups in total. The van der Waals surface area contributed by atoms with Gasteiger partial charge in [0.05, 0.1) is 5.39 Å². The van der Waals surface area contributed by atoms with Crippen LogP contribution in [-0.4, -0.2) is 33.5 Å². The molecular formula is C21H15N3O3S. The lowest BCUT2D eigenvalue weighted by molar-refractivity contribution is -0.128. The highest BCUT2D eigenvalue weighted by molar-refractivity contribution is 7.80. The number of carbonyl (C=O) groups excluding carboxylic acids is 2. The van der Waals surface area contributed by atoms with E-state index in [1.54, 1.807) is 18.2 Å². The summed E-state index contributed by atoms with van der Waals surface area (Å²) in [7, 11) is 0. The van der Waals surface area contributed by atoms with Crippen molar-refractivity contribution in [2.75, 3.05) is 6.54 Å². The van der Waals surface area contributed by atoms with Crippen molar-refractivity contribution in [1.82, 2.24) is 15.4 Å². The normalized spacial score (nSPS) is 15.9. The molecule has 1 saturated heterocycles. The van der Waals surface area contributed by atoms with Gasteiger partial charge in [-0.25, -0.2) is 0 Å². The maximum Gasteiger partial charge on any atom is 0.265 e. The zero-order valence-corrected chi connectivity index (χ0v) is 15.5. The quantitative estimate of drug-likeness (QED) is 0.321. The number of thiocarbonyl (C=S) groups is 1. The van der Waals surface area contributed by atoms with Crippen molar-refractivity contribution in [2.45, 2.75) is 0 Å². The Morgan fingerprint density at radius 1 is 1.18 bits per heavy atom. The first-order valence-corrected chi connectivity index (χ1v) is 8.94. The molecule has 2 aromatic carbocycles. The first kappa shape index (κ1) is 17.8. The summed E-state index contributed by atoms with van der Waals surface area (Å²) in [5.41, 5.74) is 2.27. The van der Waals surface area contributed by atoms with Gasteiger partial charge in [-0.05, 0) is 36.0 Å². The van der Waals surface area contributed by atoms with E-state index in [9.17, 15) is 9.59 Å². The Morgan fingerprint density at radius 3 is 2.71 bits per heavy atom. The Kier molecular flexibility index (Phi) is 4.58. The van der Waals surface area contributed by atoms with E-state index in [4.69, 9.17) is 16.7 Å². The highest BCUT2D eigenvalue weighted by Gasteiger charge is 2.32. The molecular weight excluding hydrogens is 374 g/mol. The third kappa shape index (κ3) is 3.12. The Bertz CT molecular complexity index is 1150. The lowest BCUT2D eigenvalue weighted by atomic mass is 10.0. The van der Waals surface area contributed by atoms with E-state index in [1.807, 2.05) is 36.4 Å². The number of hydrogen-bond donors (Lipinski definition) is 1. The Hall–Kier alpha value is -3.58. The van der Waals surface area contributed by atoms with Crippen LogP contribution in [0.1, 0.15) is 5.56 Å². The molecule has 28 heavy (non-hydrogen) atoms. The largest absolute Gasteiger partial charge is 0.355 e. The van der Waals surface area contributed by atoms with Crippen molar-refractivity contribution in [3.05, 3.63) is 72.3 Å². The molecule has 4 rings (SSSR count). The standard InChI is InChI=1S/C21H15N3O3S/c1-2-10-24-20(26)16(19(25)22-21(24)28)12-13-8-9-17-15(11-13)18(27-23-17)14-6-4-3-5-7-14/h2-9,11-12H,1,10H2,(H,22,25,28)/b16-12-. The SMILES string of the molecule is C=CCN1C(=O)/C(=C\c2ccc3noc(-c4ccccc4)c3c2)C(=O)NC1=S. The fourth-order valence-electron chi connectivity index (χ4n) is 3.00.